The molecule has 8 heteroatoms. The molecule has 24 heavy (non-hydrogen) atoms. The number of nitrogens with one attached hydrogen (secondary N) is 1. The van der Waals surface area contributed by atoms with E-state index in [2.05, 4.69) is 5.32 Å². The van der Waals surface area contributed by atoms with Crippen molar-refractivity contribution in [3.8, 4) is 0 Å². The van der Waals surface area contributed by atoms with Gasteiger partial charge in [0.25, 0.3) is 0 Å². The molecule has 0 saturated carbocycles. The van der Waals surface area contributed by atoms with Crippen LogP contribution in [0.2, 0.25) is 0 Å². The van der Waals surface area contributed by atoms with E-state index < -0.39 is 23.6 Å². The van der Waals surface area contributed by atoms with Crippen molar-refractivity contribution in [1.82, 2.24) is 10.2 Å². The van der Waals surface area contributed by atoms with E-state index >= 15 is 0 Å². The van der Waals surface area contributed by atoms with E-state index in [-0.39, 0.29) is 30.6 Å². The average Bonchev–Trinajstić information content (AvgIpc) is 2.52. The molecule has 1 aliphatic rings. The van der Waals surface area contributed by atoms with Gasteiger partial charge in [0.1, 0.15) is 0 Å². The van der Waals surface area contributed by atoms with Crippen LogP contribution < -0.4 is 5.32 Å². The van der Waals surface area contributed by atoms with E-state index in [4.69, 9.17) is 4.74 Å². The van der Waals surface area contributed by atoms with Crippen LogP contribution in [0.1, 0.15) is 18.9 Å². The van der Waals surface area contributed by atoms with Gasteiger partial charge < -0.3 is 20.1 Å². The maximum absolute atomic E-state index is 13.1. The molecule has 1 aromatic carbocycles. The standard InChI is InChI=1S/C16H21F3N2O3/c1-10(22)6-12-9-24-5-4-21(12)16(23)20-3-2-11-7-13(17)15(19)14(18)8-11/h7-8,10,12,22H,2-6,9H2,1H3,(H,20,23)/t10-,12+/m1/s1. The number of amides is 2. The first kappa shape index (κ1) is 18.5. The molecule has 2 N–H and O–H groups in total. The number of ether oxygens (including phenoxy) is 1. The summed E-state index contributed by atoms with van der Waals surface area (Å²) >= 11 is 0. The molecule has 0 unspecified atom stereocenters. The number of rotatable bonds is 5. The quantitative estimate of drug-likeness (QED) is 0.800. The van der Waals surface area contributed by atoms with E-state index in [0.717, 1.165) is 12.1 Å². The summed E-state index contributed by atoms with van der Waals surface area (Å²) in [5.41, 5.74) is 0.259. The number of carbonyl (C=O) groups excluding carboxylic acids is 1. The van der Waals surface area contributed by atoms with Crippen molar-refractivity contribution >= 4 is 6.03 Å². The molecule has 1 heterocycles. The Morgan fingerprint density at radius 3 is 2.71 bits per heavy atom. The van der Waals surface area contributed by atoms with Crippen LogP contribution in [0.3, 0.4) is 0 Å². The normalized spacial score (nSPS) is 19.2. The summed E-state index contributed by atoms with van der Waals surface area (Å²) in [4.78, 5) is 13.8. The Labute approximate surface area is 138 Å². The summed E-state index contributed by atoms with van der Waals surface area (Å²) in [6.45, 7) is 2.97. The van der Waals surface area contributed by atoms with Gasteiger partial charge in [-0.2, -0.15) is 0 Å². The molecule has 1 aliphatic heterocycles. The molecule has 0 aliphatic carbocycles. The van der Waals surface area contributed by atoms with Gasteiger partial charge in [-0.1, -0.05) is 0 Å². The Hall–Kier alpha value is -1.80. The minimum absolute atomic E-state index is 0.155. The van der Waals surface area contributed by atoms with E-state index in [1.165, 1.54) is 0 Å². The third-order valence-electron chi connectivity index (χ3n) is 3.84. The van der Waals surface area contributed by atoms with Crippen molar-refractivity contribution in [1.29, 1.82) is 0 Å². The summed E-state index contributed by atoms with van der Waals surface area (Å²) in [5.74, 6) is -4.00. The van der Waals surface area contributed by atoms with E-state index in [1.54, 1.807) is 11.8 Å². The Morgan fingerprint density at radius 1 is 1.42 bits per heavy atom. The maximum atomic E-state index is 13.1. The lowest BCUT2D eigenvalue weighted by molar-refractivity contribution is -0.00425. The van der Waals surface area contributed by atoms with Crippen molar-refractivity contribution in [3.63, 3.8) is 0 Å². The molecule has 5 nitrogen and oxygen atoms in total. The average molecular weight is 346 g/mol. The van der Waals surface area contributed by atoms with Crippen LogP contribution in [0.15, 0.2) is 12.1 Å². The van der Waals surface area contributed by atoms with Gasteiger partial charge in [-0.3, -0.25) is 0 Å². The number of carbonyl (C=O) groups is 1. The lowest BCUT2D eigenvalue weighted by atomic mass is 10.1. The largest absolute Gasteiger partial charge is 0.393 e. The van der Waals surface area contributed by atoms with Crippen LogP contribution in [-0.4, -0.2) is 54.5 Å². The van der Waals surface area contributed by atoms with Crippen LogP contribution in [0.4, 0.5) is 18.0 Å². The minimum Gasteiger partial charge on any atom is -0.393 e. The fourth-order valence-corrected chi connectivity index (χ4v) is 2.68. The van der Waals surface area contributed by atoms with Gasteiger partial charge in [0.15, 0.2) is 17.5 Å². The van der Waals surface area contributed by atoms with Crippen molar-refractivity contribution in [2.45, 2.75) is 31.9 Å². The summed E-state index contributed by atoms with van der Waals surface area (Å²) < 4.78 is 44.5. The zero-order valence-electron chi connectivity index (χ0n) is 13.4. The number of aliphatic hydroxyl groups excluding tert-OH is 1. The van der Waals surface area contributed by atoms with Gasteiger partial charge in [0.05, 0.1) is 25.4 Å². The first-order valence-electron chi connectivity index (χ1n) is 7.82. The molecule has 0 bridgehead atoms. The maximum Gasteiger partial charge on any atom is 0.317 e. The smallest absolute Gasteiger partial charge is 0.317 e. The second kappa shape index (κ2) is 8.34. The number of urea groups is 1. The van der Waals surface area contributed by atoms with Crippen LogP contribution in [0, 0.1) is 17.5 Å². The zero-order valence-corrected chi connectivity index (χ0v) is 13.4. The highest BCUT2D eigenvalue weighted by molar-refractivity contribution is 5.74. The first-order chi connectivity index (χ1) is 11.4. The number of hydrogen-bond donors (Lipinski definition) is 2. The fourth-order valence-electron chi connectivity index (χ4n) is 2.68. The van der Waals surface area contributed by atoms with Crippen molar-refractivity contribution in [2.75, 3.05) is 26.3 Å². The van der Waals surface area contributed by atoms with Gasteiger partial charge in [0, 0.05) is 13.1 Å². The van der Waals surface area contributed by atoms with Crippen LogP contribution in [0.25, 0.3) is 0 Å². The highest BCUT2D eigenvalue weighted by atomic mass is 19.2. The van der Waals surface area contributed by atoms with Gasteiger partial charge in [-0.15, -0.1) is 0 Å². The highest BCUT2D eigenvalue weighted by Crippen LogP contribution is 2.15. The van der Waals surface area contributed by atoms with Gasteiger partial charge in [0.2, 0.25) is 0 Å². The lowest BCUT2D eigenvalue weighted by Gasteiger charge is -2.36. The molecule has 0 radical (unpaired) electrons. The fraction of sp³-hybridized carbons (Fsp3) is 0.562. The Morgan fingerprint density at radius 2 is 2.08 bits per heavy atom. The van der Waals surface area contributed by atoms with Crippen molar-refractivity contribution in [3.05, 3.63) is 35.1 Å². The summed E-state index contributed by atoms with van der Waals surface area (Å²) in [7, 11) is 0. The molecule has 0 spiro atoms. The summed E-state index contributed by atoms with van der Waals surface area (Å²) in [5, 5.41) is 12.2. The molecule has 2 atom stereocenters. The number of hydrogen-bond acceptors (Lipinski definition) is 3. The number of benzene rings is 1. The molecule has 2 amide bonds. The monoisotopic (exact) mass is 346 g/mol. The van der Waals surface area contributed by atoms with E-state index in [0.29, 0.717) is 26.2 Å². The SMILES string of the molecule is C[C@@H](O)C[C@H]1COCCN1C(=O)NCCc1cc(F)c(F)c(F)c1. The Kier molecular flexibility index (Phi) is 6.44. The summed E-state index contributed by atoms with van der Waals surface area (Å²) in [6.07, 6.45) is 0.0183. The van der Waals surface area contributed by atoms with E-state index in [1.807, 2.05) is 0 Å². The number of aliphatic hydroxyl groups is 1. The molecule has 2 rings (SSSR count). The topological polar surface area (TPSA) is 61.8 Å². The molecule has 1 saturated heterocycles. The molecule has 0 aromatic heterocycles. The molecule has 134 valence electrons. The van der Waals surface area contributed by atoms with Crippen molar-refractivity contribution in [2.24, 2.45) is 0 Å². The lowest BCUT2D eigenvalue weighted by Crippen LogP contribution is -2.53. The van der Waals surface area contributed by atoms with Crippen molar-refractivity contribution < 1.29 is 27.8 Å². The number of nitrogens with zero attached hydrogens (tertiary/aromatic N) is 1. The third-order valence-corrected chi connectivity index (χ3v) is 3.84. The summed E-state index contributed by atoms with van der Waals surface area (Å²) in [6, 6.07) is 1.27. The van der Waals surface area contributed by atoms with Crippen LogP contribution in [-0.2, 0) is 11.2 Å². The van der Waals surface area contributed by atoms with Gasteiger partial charge >= 0.3 is 6.03 Å². The second-order valence-corrected chi connectivity index (χ2v) is 5.86. The third kappa shape index (κ3) is 4.85. The molecular formula is C16H21F3N2O3. The molecule has 1 aromatic rings. The van der Waals surface area contributed by atoms with Gasteiger partial charge in [-0.05, 0) is 37.5 Å². The predicted octanol–water partition coefficient (Wildman–Crippen LogP) is 1.83. The Balaban J connectivity index is 1.88. The predicted molar refractivity (Wildman–Crippen MR) is 81.0 cm³/mol. The minimum atomic E-state index is -1.50. The van der Waals surface area contributed by atoms with Gasteiger partial charge in [-0.25, -0.2) is 18.0 Å². The first-order valence-corrected chi connectivity index (χ1v) is 7.82. The van der Waals surface area contributed by atoms with Crippen LogP contribution in [0.5, 0.6) is 0 Å². The molecule has 1 fully saturated rings. The van der Waals surface area contributed by atoms with Crippen LogP contribution >= 0.6 is 0 Å². The molecular weight excluding hydrogens is 325 g/mol. The highest BCUT2D eigenvalue weighted by Gasteiger charge is 2.28. The Bertz CT molecular complexity index is 561. The van der Waals surface area contributed by atoms with E-state index in [9.17, 15) is 23.1 Å². The number of halogens is 3. The second-order valence-electron chi connectivity index (χ2n) is 5.86. The zero-order chi connectivity index (χ0) is 17.7. The number of morpholine rings is 1.